The van der Waals surface area contributed by atoms with Crippen molar-refractivity contribution in [2.75, 3.05) is 0 Å². The molecule has 0 fully saturated rings. The van der Waals surface area contributed by atoms with E-state index in [1.165, 1.54) is 0 Å². The van der Waals surface area contributed by atoms with Gasteiger partial charge in [0.15, 0.2) is 0 Å². The fraction of sp³-hybridized carbons (Fsp3) is 0.182. The molecule has 5 nitrogen and oxygen atoms in total. The molecule has 1 aliphatic heterocycles. The number of carbonyl (C=O) groups excluding carboxylic acids is 2. The third kappa shape index (κ3) is 0.920. The molecule has 2 aromatic rings. The first-order chi connectivity index (χ1) is 7.59. The molecule has 0 spiro atoms. The zero-order valence-electron chi connectivity index (χ0n) is 8.77. The van der Waals surface area contributed by atoms with E-state index < -0.39 is 11.9 Å². The highest BCUT2D eigenvalue weighted by Crippen LogP contribution is 2.28. The van der Waals surface area contributed by atoms with Gasteiger partial charge in [-0.1, -0.05) is 0 Å². The van der Waals surface area contributed by atoms with E-state index in [0.717, 1.165) is 11.3 Å². The first-order valence-electron chi connectivity index (χ1n) is 4.82. The summed E-state index contributed by atoms with van der Waals surface area (Å²) in [6.07, 6.45) is 0. The van der Waals surface area contributed by atoms with Gasteiger partial charge in [0.2, 0.25) is 0 Å². The molecule has 1 aromatic carbocycles. The van der Waals surface area contributed by atoms with Crippen LogP contribution in [-0.2, 0) is 11.8 Å². The number of carbonyl (C=O) groups is 2. The highest BCUT2D eigenvalue weighted by Gasteiger charge is 2.33. The number of aromatic nitrogens is 2. The fourth-order valence-electron chi connectivity index (χ4n) is 1.94. The maximum Gasteiger partial charge on any atom is 0.349 e. The van der Waals surface area contributed by atoms with Gasteiger partial charge in [0.25, 0.3) is 0 Å². The average Bonchev–Trinajstić information content (AvgIpc) is 2.68. The largest absolute Gasteiger partial charge is 0.386 e. The summed E-state index contributed by atoms with van der Waals surface area (Å²) in [7, 11) is 1.86. The molecule has 0 saturated heterocycles. The average molecular weight is 216 g/mol. The quantitative estimate of drug-likeness (QED) is 0.490. The van der Waals surface area contributed by atoms with Gasteiger partial charge in [-0.15, -0.1) is 0 Å². The summed E-state index contributed by atoms with van der Waals surface area (Å²) >= 11 is 0. The number of hydrogen-bond donors (Lipinski definition) is 0. The summed E-state index contributed by atoms with van der Waals surface area (Å²) in [4.78, 5) is 27.1. The maximum atomic E-state index is 11.5. The van der Waals surface area contributed by atoms with Crippen molar-refractivity contribution in [1.82, 2.24) is 9.55 Å². The van der Waals surface area contributed by atoms with Crippen molar-refractivity contribution in [3.63, 3.8) is 0 Å². The van der Waals surface area contributed by atoms with Crippen LogP contribution in [0.5, 0.6) is 0 Å². The number of rotatable bonds is 0. The summed E-state index contributed by atoms with van der Waals surface area (Å²) in [5.74, 6) is -0.413. The molecule has 16 heavy (non-hydrogen) atoms. The maximum absolute atomic E-state index is 11.5. The molecule has 2 heterocycles. The fourth-order valence-corrected chi connectivity index (χ4v) is 1.94. The minimum atomic E-state index is -0.608. The van der Waals surface area contributed by atoms with Gasteiger partial charge in [0, 0.05) is 7.05 Å². The van der Waals surface area contributed by atoms with E-state index in [0.29, 0.717) is 11.1 Å². The first kappa shape index (κ1) is 9.08. The van der Waals surface area contributed by atoms with Crippen molar-refractivity contribution in [3.8, 4) is 0 Å². The molecular formula is C11H8N2O3. The number of hydrogen-bond acceptors (Lipinski definition) is 4. The highest BCUT2D eigenvalue weighted by atomic mass is 16.6. The summed E-state index contributed by atoms with van der Waals surface area (Å²) in [6, 6.07) is 3.38. The second-order valence-electron chi connectivity index (χ2n) is 3.75. The Morgan fingerprint density at radius 2 is 2.00 bits per heavy atom. The monoisotopic (exact) mass is 216 g/mol. The normalized spacial score (nSPS) is 14.4. The standard InChI is InChI=1S/C11H8N2O3/c1-5-12-9-7(13(5)2)4-3-6-8(9)11(15)16-10(6)14/h3-4H,1-2H3. The molecule has 0 aliphatic carbocycles. The van der Waals surface area contributed by atoms with Gasteiger partial charge >= 0.3 is 11.9 Å². The number of fused-ring (bicyclic) bond motifs is 3. The van der Waals surface area contributed by atoms with E-state index in [9.17, 15) is 9.59 Å². The van der Waals surface area contributed by atoms with E-state index in [4.69, 9.17) is 0 Å². The lowest BCUT2D eigenvalue weighted by Gasteiger charge is -1.96. The van der Waals surface area contributed by atoms with Crippen LogP contribution < -0.4 is 0 Å². The van der Waals surface area contributed by atoms with Gasteiger partial charge in [-0.3, -0.25) is 0 Å². The molecular weight excluding hydrogens is 208 g/mol. The Labute approximate surface area is 90.6 Å². The summed E-state index contributed by atoms with van der Waals surface area (Å²) in [5, 5.41) is 0. The summed E-state index contributed by atoms with van der Waals surface area (Å²) < 4.78 is 6.43. The molecule has 5 heteroatoms. The van der Waals surface area contributed by atoms with E-state index in [1.807, 2.05) is 18.5 Å². The first-order valence-corrected chi connectivity index (χ1v) is 4.82. The third-order valence-corrected chi connectivity index (χ3v) is 2.89. The van der Waals surface area contributed by atoms with Crippen LogP contribution in [0, 0.1) is 6.92 Å². The van der Waals surface area contributed by atoms with Crippen LogP contribution in [0.15, 0.2) is 12.1 Å². The van der Waals surface area contributed by atoms with Crippen molar-refractivity contribution in [2.45, 2.75) is 6.92 Å². The number of cyclic esters (lactones) is 2. The Bertz CT molecular complexity index is 655. The van der Waals surface area contributed by atoms with Crippen LogP contribution >= 0.6 is 0 Å². The van der Waals surface area contributed by atoms with Crippen LogP contribution in [0.2, 0.25) is 0 Å². The number of benzene rings is 1. The van der Waals surface area contributed by atoms with Crippen LogP contribution in [0.1, 0.15) is 26.5 Å². The second-order valence-corrected chi connectivity index (χ2v) is 3.75. The van der Waals surface area contributed by atoms with Gasteiger partial charge in [-0.2, -0.15) is 0 Å². The Hall–Kier alpha value is -2.17. The number of aryl methyl sites for hydroxylation is 2. The molecule has 0 N–H and O–H groups in total. The van der Waals surface area contributed by atoms with Crippen LogP contribution in [0.3, 0.4) is 0 Å². The Morgan fingerprint density at radius 1 is 1.25 bits per heavy atom. The van der Waals surface area contributed by atoms with Crippen molar-refractivity contribution in [1.29, 1.82) is 0 Å². The van der Waals surface area contributed by atoms with E-state index in [1.54, 1.807) is 12.1 Å². The zero-order valence-corrected chi connectivity index (χ0v) is 8.77. The van der Waals surface area contributed by atoms with Crippen LogP contribution in [0.4, 0.5) is 0 Å². The molecule has 0 atom stereocenters. The molecule has 1 aliphatic rings. The third-order valence-electron chi connectivity index (χ3n) is 2.89. The number of esters is 2. The molecule has 0 radical (unpaired) electrons. The SMILES string of the molecule is Cc1nc2c3c(ccc2n1C)C(=O)OC3=O. The Morgan fingerprint density at radius 3 is 2.75 bits per heavy atom. The molecule has 0 unspecified atom stereocenters. The molecule has 80 valence electrons. The predicted octanol–water partition coefficient (Wildman–Crippen LogP) is 1.19. The van der Waals surface area contributed by atoms with Gasteiger partial charge in [0.1, 0.15) is 16.9 Å². The minimum Gasteiger partial charge on any atom is -0.386 e. The number of ether oxygens (including phenoxy) is 1. The molecule has 1 aromatic heterocycles. The summed E-state index contributed by atoms with van der Waals surface area (Å²) in [6.45, 7) is 1.84. The van der Waals surface area contributed by atoms with E-state index >= 15 is 0 Å². The Balaban J connectivity index is 2.50. The highest BCUT2D eigenvalue weighted by molar-refractivity contribution is 6.20. The zero-order chi connectivity index (χ0) is 11.4. The summed E-state index contributed by atoms with van der Waals surface area (Å²) in [5.41, 5.74) is 1.94. The minimum absolute atomic E-state index is 0.284. The van der Waals surface area contributed by atoms with E-state index in [-0.39, 0.29) is 5.56 Å². The van der Waals surface area contributed by atoms with E-state index in [2.05, 4.69) is 9.72 Å². The predicted molar refractivity (Wildman–Crippen MR) is 55.2 cm³/mol. The van der Waals surface area contributed by atoms with Crippen molar-refractivity contribution >= 4 is 23.0 Å². The molecule has 0 saturated carbocycles. The molecule has 0 amide bonds. The lowest BCUT2D eigenvalue weighted by Crippen LogP contribution is -1.97. The number of nitrogens with zero attached hydrogens (tertiary/aromatic N) is 2. The lowest BCUT2D eigenvalue weighted by atomic mass is 10.1. The Kier molecular flexibility index (Phi) is 1.53. The van der Waals surface area contributed by atoms with Crippen molar-refractivity contribution < 1.29 is 14.3 Å². The lowest BCUT2D eigenvalue weighted by molar-refractivity contribution is 0.0444. The molecule has 0 bridgehead atoms. The second kappa shape index (κ2) is 2.69. The van der Waals surface area contributed by atoms with Crippen molar-refractivity contribution in [3.05, 3.63) is 29.1 Å². The van der Waals surface area contributed by atoms with Gasteiger partial charge in [-0.25, -0.2) is 14.6 Å². The van der Waals surface area contributed by atoms with Gasteiger partial charge < -0.3 is 9.30 Å². The number of imidazole rings is 1. The van der Waals surface area contributed by atoms with Gasteiger partial charge in [-0.05, 0) is 19.1 Å². The van der Waals surface area contributed by atoms with Crippen LogP contribution in [-0.4, -0.2) is 21.5 Å². The van der Waals surface area contributed by atoms with Gasteiger partial charge in [0.05, 0.1) is 11.1 Å². The smallest absolute Gasteiger partial charge is 0.349 e. The molecule has 3 rings (SSSR count). The van der Waals surface area contributed by atoms with Crippen molar-refractivity contribution in [2.24, 2.45) is 7.05 Å². The topological polar surface area (TPSA) is 61.2 Å². The van der Waals surface area contributed by atoms with Crippen LogP contribution in [0.25, 0.3) is 11.0 Å².